The van der Waals surface area contributed by atoms with Gasteiger partial charge in [-0.2, -0.15) is 0 Å². The first-order valence-corrected chi connectivity index (χ1v) is 7.86. The second-order valence-corrected chi connectivity index (χ2v) is 6.85. The summed E-state index contributed by atoms with van der Waals surface area (Å²) in [5.74, 6) is 0.382. The number of urea groups is 1. The van der Waals surface area contributed by atoms with E-state index in [4.69, 9.17) is 0 Å². The molecule has 0 aromatic carbocycles. The largest absolute Gasteiger partial charge is 0.480 e. The van der Waals surface area contributed by atoms with Crippen molar-refractivity contribution in [3.05, 3.63) is 0 Å². The van der Waals surface area contributed by atoms with Crippen LogP contribution in [0, 0.1) is 17.8 Å². The van der Waals surface area contributed by atoms with E-state index < -0.39 is 12.0 Å². The summed E-state index contributed by atoms with van der Waals surface area (Å²) >= 11 is 0. The van der Waals surface area contributed by atoms with Gasteiger partial charge in [-0.15, -0.1) is 0 Å². The zero-order valence-corrected chi connectivity index (χ0v) is 12.0. The molecule has 0 aromatic heterocycles. The highest BCUT2D eigenvalue weighted by Gasteiger charge is 2.49. The normalized spacial score (nSPS) is 39.9. The molecule has 2 aliphatic carbocycles. The van der Waals surface area contributed by atoms with E-state index in [9.17, 15) is 14.7 Å². The van der Waals surface area contributed by atoms with Crippen LogP contribution in [0.2, 0.25) is 0 Å². The molecule has 0 radical (unpaired) electrons. The quantitative estimate of drug-likeness (QED) is 0.813. The van der Waals surface area contributed by atoms with Gasteiger partial charge in [0.15, 0.2) is 0 Å². The molecule has 2 N–H and O–H groups in total. The maximum atomic E-state index is 12.4. The van der Waals surface area contributed by atoms with E-state index in [0.29, 0.717) is 18.4 Å². The molecule has 2 amide bonds. The summed E-state index contributed by atoms with van der Waals surface area (Å²) in [5.41, 5.74) is 0. The SMILES string of the molecule is CC1CCC(NC(=O)N2CC3CCCC3C2C(=O)O)C1. The van der Waals surface area contributed by atoms with Crippen molar-refractivity contribution >= 4 is 12.0 Å². The first-order valence-electron chi connectivity index (χ1n) is 7.86. The molecule has 20 heavy (non-hydrogen) atoms. The fourth-order valence-electron chi connectivity index (χ4n) is 4.43. The number of carbonyl (C=O) groups excluding carboxylic acids is 1. The van der Waals surface area contributed by atoms with Crippen molar-refractivity contribution in [1.29, 1.82) is 0 Å². The predicted molar refractivity (Wildman–Crippen MR) is 74.3 cm³/mol. The van der Waals surface area contributed by atoms with Gasteiger partial charge in [0.2, 0.25) is 0 Å². The lowest BCUT2D eigenvalue weighted by Crippen LogP contribution is -2.50. The monoisotopic (exact) mass is 280 g/mol. The first kappa shape index (κ1) is 13.7. The molecule has 3 fully saturated rings. The minimum Gasteiger partial charge on any atom is -0.480 e. The lowest BCUT2D eigenvalue weighted by molar-refractivity contribution is -0.142. The van der Waals surface area contributed by atoms with Gasteiger partial charge in [-0.25, -0.2) is 9.59 Å². The Balaban J connectivity index is 1.66. The van der Waals surface area contributed by atoms with E-state index >= 15 is 0 Å². The molecule has 1 heterocycles. The highest BCUT2D eigenvalue weighted by molar-refractivity contribution is 5.84. The van der Waals surface area contributed by atoms with Crippen molar-refractivity contribution in [3.63, 3.8) is 0 Å². The number of likely N-dealkylation sites (tertiary alicyclic amines) is 1. The van der Waals surface area contributed by atoms with Gasteiger partial charge < -0.3 is 15.3 Å². The zero-order chi connectivity index (χ0) is 14.3. The summed E-state index contributed by atoms with van der Waals surface area (Å²) in [4.78, 5) is 25.5. The maximum absolute atomic E-state index is 12.4. The van der Waals surface area contributed by atoms with Crippen molar-refractivity contribution in [2.45, 2.75) is 57.5 Å². The van der Waals surface area contributed by atoms with Crippen molar-refractivity contribution < 1.29 is 14.7 Å². The van der Waals surface area contributed by atoms with Crippen LogP contribution in [0.1, 0.15) is 45.4 Å². The number of nitrogens with one attached hydrogen (secondary N) is 1. The van der Waals surface area contributed by atoms with Crippen LogP contribution < -0.4 is 5.32 Å². The lowest BCUT2D eigenvalue weighted by Gasteiger charge is -2.26. The number of hydrogen-bond donors (Lipinski definition) is 2. The van der Waals surface area contributed by atoms with E-state index in [0.717, 1.165) is 38.5 Å². The second-order valence-electron chi connectivity index (χ2n) is 6.85. The molecule has 3 aliphatic rings. The standard InChI is InChI=1S/C15H24N2O3/c1-9-5-6-11(7-9)16-15(20)17-8-10-3-2-4-12(10)13(17)14(18)19/h9-13H,2-8H2,1H3,(H,16,20)(H,18,19). The third kappa shape index (κ3) is 2.38. The van der Waals surface area contributed by atoms with Crippen LogP contribution in [-0.2, 0) is 4.79 Å². The maximum Gasteiger partial charge on any atom is 0.326 e. The molecule has 5 nitrogen and oxygen atoms in total. The Morgan fingerprint density at radius 2 is 2.00 bits per heavy atom. The van der Waals surface area contributed by atoms with Crippen molar-refractivity contribution in [2.75, 3.05) is 6.54 Å². The number of carboxylic acids is 1. The topological polar surface area (TPSA) is 69.6 Å². The third-order valence-electron chi connectivity index (χ3n) is 5.43. The molecule has 0 bridgehead atoms. The number of hydrogen-bond acceptors (Lipinski definition) is 2. The number of rotatable bonds is 2. The Labute approximate surface area is 119 Å². The van der Waals surface area contributed by atoms with Gasteiger partial charge in [-0.3, -0.25) is 0 Å². The third-order valence-corrected chi connectivity index (χ3v) is 5.43. The molecule has 5 atom stereocenters. The van der Waals surface area contributed by atoms with Crippen molar-refractivity contribution in [3.8, 4) is 0 Å². The predicted octanol–water partition coefficient (Wildman–Crippen LogP) is 2.07. The Morgan fingerprint density at radius 3 is 2.65 bits per heavy atom. The summed E-state index contributed by atoms with van der Waals surface area (Å²) in [6.45, 7) is 2.82. The van der Waals surface area contributed by atoms with Crippen LogP contribution in [0.3, 0.4) is 0 Å². The Bertz CT molecular complexity index is 412. The van der Waals surface area contributed by atoms with Gasteiger partial charge >= 0.3 is 12.0 Å². The molecule has 2 saturated carbocycles. The van der Waals surface area contributed by atoms with Crippen LogP contribution in [0.4, 0.5) is 4.79 Å². The first-order chi connectivity index (χ1) is 9.56. The summed E-state index contributed by atoms with van der Waals surface area (Å²) in [6.07, 6.45) is 6.31. The van der Waals surface area contributed by atoms with Gasteiger partial charge in [-0.05, 0) is 49.9 Å². The van der Waals surface area contributed by atoms with E-state index in [-0.39, 0.29) is 18.0 Å². The summed E-state index contributed by atoms with van der Waals surface area (Å²) in [5, 5.41) is 12.5. The molecular weight excluding hydrogens is 256 g/mol. The van der Waals surface area contributed by atoms with Gasteiger partial charge in [0.1, 0.15) is 6.04 Å². The molecule has 0 spiro atoms. The number of fused-ring (bicyclic) bond motifs is 1. The van der Waals surface area contributed by atoms with Crippen LogP contribution in [0.25, 0.3) is 0 Å². The molecule has 0 aromatic rings. The minimum absolute atomic E-state index is 0.161. The molecule has 1 aliphatic heterocycles. The average molecular weight is 280 g/mol. The molecule has 3 rings (SSSR count). The fraction of sp³-hybridized carbons (Fsp3) is 0.867. The number of aliphatic carboxylic acids is 1. The van der Waals surface area contributed by atoms with Crippen molar-refractivity contribution in [1.82, 2.24) is 10.2 Å². The fourth-order valence-corrected chi connectivity index (χ4v) is 4.43. The van der Waals surface area contributed by atoms with E-state index in [1.54, 1.807) is 4.90 Å². The Kier molecular flexibility index (Phi) is 3.61. The minimum atomic E-state index is -0.839. The average Bonchev–Trinajstić information content (AvgIpc) is 3.02. The summed E-state index contributed by atoms with van der Waals surface area (Å²) in [7, 11) is 0. The van der Waals surface area contributed by atoms with Crippen LogP contribution >= 0.6 is 0 Å². The molecule has 5 unspecified atom stereocenters. The Hall–Kier alpha value is -1.26. The number of amides is 2. The van der Waals surface area contributed by atoms with Gasteiger partial charge in [0.25, 0.3) is 0 Å². The van der Waals surface area contributed by atoms with E-state index in [1.807, 2.05) is 0 Å². The highest BCUT2D eigenvalue weighted by atomic mass is 16.4. The summed E-state index contributed by atoms with van der Waals surface area (Å²) < 4.78 is 0. The van der Waals surface area contributed by atoms with Crippen LogP contribution in [-0.4, -0.2) is 40.6 Å². The smallest absolute Gasteiger partial charge is 0.326 e. The van der Waals surface area contributed by atoms with E-state index in [1.165, 1.54) is 0 Å². The van der Waals surface area contributed by atoms with Crippen molar-refractivity contribution in [2.24, 2.45) is 17.8 Å². The zero-order valence-electron chi connectivity index (χ0n) is 12.0. The lowest BCUT2D eigenvalue weighted by atomic mass is 9.94. The second kappa shape index (κ2) is 5.26. The molecule has 1 saturated heterocycles. The van der Waals surface area contributed by atoms with Crippen LogP contribution in [0.5, 0.6) is 0 Å². The number of nitrogens with zero attached hydrogens (tertiary/aromatic N) is 1. The molecule has 5 heteroatoms. The molecule has 112 valence electrons. The number of carbonyl (C=O) groups is 2. The highest BCUT2D eigenvalue weighted by Crippen LogP contribution is 2.42. The van der Waals surface area contributed by atoms with E-state index in [2.05, 4.69) is 12.2 Å². The number of carboxylic acid groups (broad SMARTS) is 1. The summed E-state index contributed by atoms with van der Waals surface area (Å²) in [6, 6.07) is -0.542. The Morgan fingerprint density at radius 1 is 1.20 bits per heavy atom. The van der Waals surface area contributed by atoms with Crippen LogP contribution in [0.15, 0.2) is 0 Å². The van der Waals surface area contributed by atoms with Gasteiger partial charge in [0.05, 0.1) is 0 Å². The van der Waals surface area contributed by atoms with Gasteiger partial charge in [-0.1, -0.05) is 13.3 Å². The molecular formula is C15H24N2O3. The van der Waals surface area contributed by atoms with Gasteiger partial charge in [0, 0.05) is 12.6 Å².